The minimum absolute atomic E-state index is 0.302. The van der Waals surface area contributed by atoms with E-state index < -0.39 is 11.6 Å². The van der Waals surface area contributed by atoms with Gasteiger partial charge in [0.2, 0.25) is 0 Å². The summed E-state index contributed by atoms with van der Waals surface area (Å²) in [6.45, 7) is 5.24. The Morgan fingerprint density at radius 2 is 1.71 bits per heavy atom. The molecule has 0 radical (unpaired) electrons. The lowest BCUT2D eigenvalue weighted by Gasteiger charge is -2.17. The van der Waals surface area contributed by atoms with Crippen LogP contribution in [0.15, 0.2) is 42.5 Å². The topological polar surface area (TPSA) is 12.0 Å². The van der Waals surface area contributed by atoms with Crippen LogP contribution in [-0.4, -0.2) is 6.54 Å². The zero-order valence-electron chi connectivity index (χ0n) is 12.5. The highest BCUT2D eigenvalue weighted by atomic mass is 19.2. The summed E-state index contributed by atoms with van der Waals surface area (Å²) in [5.74, 6) is -1.60. The molecule has 0 bridgehead atoms. The molecule has 2 rings (SSSR count). The Morgan fingerprint density at radius 3 is 2.33 bits per heavy atom. The molecule has 1 nitrogen and oxygen atoms in total. The summed E-state index contributed by atoms with van der Waals surface area (Å²) in [4.78, 5) is 0. The monoisotopic (exact) mass is 289 g/mol. The van der Waals surface area contributed by atoms with Gasteiger partial charge in [0, 0.05) is 11.6 Å². The lowest BCUT2D eigenvalue weighted by Crippen LogP contribution is -2.21. The van der Waals surface area contributed by atoms with E-state index in [1.54, 1.807) is 6.07 Å². The summed E-state index contributed by atoms with van der Waals surface area (Å²) in [7, 11) is 0. The average molecular weight is 289 g/mol. The Labute approximate surface area is 125 Å². The zero-order valence-corrected chi connectivity index (χ0v) is 12.5. The molecule has 2 aromatic carbocycles. The van der Waals surface area contributed by atoms with E-state index in [0.29, 0.717) is 17.2 Å². The van der Waals surface area contributed by atoms with E-state index in [1.807, 2.05) is 24.3 Å². The van der Waals surface area contributed by atoms with E-state index in [9.17, 15) is 8.78 Å². The maximum atomic E-state index is 13.8. The van der Waals surface area contributed by atoms with E-state index in [4.69, 9.17) is 0 Å². The second-order valence-corrected chi connectivity index (χ2v) is 5.14. The third kappa shape index (κ3) is 3.67. The molecule has 0 aliphatic rings. The molecule has 0 saturated heterocycles. The third-order valence-electron chi connectivity index (χ3n) is 3.62. The number of nitrogens with one attached hydrogen (secondary N) is 1. The summed E-state index contributed by atoms with van der Waals surface area (Å²) < 4.78 is 27.1. The quantitative estimate of drug-likeness (QED) is 0.781. The minimum atomic E-state index is -0.812. The Kier molecular flexibility index (Phi) is 5.45. The van der Waals surface area contributed by atoms with Gasteiger partial charge < -0.3 is 5.32 Å². The number of rotatable bonds is 6. The van der Waals surface area contributed by atoms with Crippen molar-refractivity contribution in [2.45, 2.75) is 32.7 Å². The minimum Gasteiger partial charge on any atom is -0.310 e. The molecule has 21 heavy (non-hydrogen) atoms. The van der Waals surface area contributed by atoms with Gasteiger partial charge in [-0.15, -0.1) is 0 Å². The first kappa shape index (κ1) is 15.6. The Balaban J connectivity index is 2.24. The van der Waals surface area contributed by atoms with Crippen LogP contribution in [-0.2, 0) is 0 Å². The van der Waals surface area contributed by atoms with Crippen LogP contribution < -0.4 is 5.32 Å². The summed E-state index contributed by atoms with van der Waals surface area (Å²) in [5.41, 5.74) is 2.17. The molecule has 1 unspecified atom stereocenters. The van der Waals surface area contributed by atoms with Gasteiger partial charge >= 0.3 is 0 Å². The van der Waals surface area contributed by atoms with E-state index in [-0.39, 0.29) is 0 Å². The maximum absolute atomic E-state index is 13.8. The highest BCUT2D eigenvalue weighted by Gasteiger charge is 2.11. The smallest absolute Gasteiger partial charge is 0.166 e. The first-order chi connectivity index (χ1) is 10.2. The fourth-order valence-corrected chi connectivity index (χ4v) is 2.44. The Bertz CT molecular complexity index is 578. The zero-order chi connectivity index (χ0) is 15.2. The molecule has 0 aromatic heterocycles. The molecule has 0 amide bonds. The fourth-order valence-electron chi connectivity index (χ4n) is 2.44. The molecule has 1 N–H and O–H groups in total. The van der Waals surface area contributed by atoms with Gasteiger partial charge in [0.15, 0.2) is 11.6 Å². The van der Waals surface area contributed by atoms with Gasteiger partial charge in [-0.25, -0.2) is 8.78 Å². The standard InChI is InChI=1S/C18H21F2N/c1-3-12-21-17(4-2)14-10-8-13(9-11-14)15-6-5-7-16(19)18(15)20/h5-11,17,21H,3-4,12H2,1-2H3. The van der Waals surface area contributed by atoms with Crippen LogP contribution in [0.25, 0.3) is 11.1 Å². The highest BCUT2D eigenvalue weighted by molar-refractivity contribution is 5.64. The van der Waals surface area contributed by atoms with E-state index >= 15 is 0 Å². The van der Waals surface area contributed by atoms with Crippen molar-refractivity contribution in [3.63, 3.8) is 0 Å². The largest absolute Gasteiger partial charge is 0.310 e. The van der Waals surface area contributed by atoms with Crippen molar-refractivity contribution in [3.05, 3.63) is 59.7 Å². The van der Waals surface area contributed by atoms with Crippen LogP contribution in [0.5, 0.6) is 0 Å². The number of halogens is 2. The van der Waals surface area contributed by atoms with Crippen molar-refractivity contribution in [2.75, 3.05) is 6.54 Å². The molecule has 3 heteroatoms. The Hall–Kier alpha value is -1.74. The molecule has 0 saturated carbocycles. The van der Waals surface area contributed by atoms with Crippen molar-refractivity contribution in [1.82, 2.24) is 5.32 Å². The second-order valence-electron chi connectivity index (χ2n) is 5.14. The van der Waals surface area contributed by atoms with E-state index in [0.717, 1.165) is 25.5 Å². The second kappa shape index (κ2) is 7.32. The number of benzene rings is 2. The van der Waals surface area contributed by atoms with Gasteiger partial charge in [-0.05, 0) is 36.6 Å². The van der Waals surface area contributed by atoms with Crippen LogP contribution in [0.3, 0.4) is 0 Å². The predicted molar refractivity (Wildman–Crippen MR) is 83.1 cm³/mol. The van der Waals surface area contributed by atoms with Crippen LogP contribution in [0, 0.1) is 11.6 Å². The fraction of sp³-hybridized carbons (Fsp3) is 0.333. The van der Waals surface area contributed by atoms with Crippen molar-refractivity contribution in [2.24, 2.45) is 0 Å². The van der Waals surface area contributed by atoms with Gasteiger partial charge in [0.25, 0.3) is 0 Å². The summed E-state index contributed by atoms with van der Waals surface area (Å²) in [6.07, 6.45) is 2.08. The first-order valence-corrected chi connectivity index (χ1v) is 7.45. The Morgan fingerprint density at radius 1 is 1.00 bits per heavy atom. The lowest BCUT2D eigenvalue weighted by molar-refractivity contribution is 0.511. The van der Waals surface area contributed by atoms with Gasteiger partial charge in [0.05, 0.1) is 0 Å². The summed E-state index contributed by atoms with van der Waals surface area (Å²) >= 11 is 0. The number of hydrogen-bond acceptors (Lipinski definition) is 1. The van der Waals surface area contributed by atoms with Crippen LogP contribution in [0.2, 0.25) is 0 Å². The normalized spacial score (nSPS) is 12.4. The number of hydrogen-bond donors (Lipinski definition) is 1. The average Bonchev–Trinajstić information content (AvgIpc) is 2.51. The molecule has 0 heterocycles. The van der Waals surface area contributed by atoms with Crippen molar-refractivity contribution >= 4 is 0 Å². The van der Waals surface area contributed by atoms with Crippen LogP contribution in [0.4, 0.5) is 8.78 Å². The molecule has 0 aliphatic carbocycles. The maximum Gasteiger partial charge on any atom is 0.166 e. The first-order valence-electron chi connectivity index (χ1n) is 7.45. The van der Waals surface area contributed by atoms with Crippen molar-refractivity contribution in [3.8, 4) is 11.1 Å². The molecular formula is C18H21F2N. The predicted octanol–water partition coefficient (Wildman–Crippen LogP) is 5.08. The summed E-state index contributed by atoms with van der Waals surface area (Å²) in [5, 5.41) is 3.48. The van der Waals surface area contributed by atoms with Gasteiger partial charge in [-0.2, -0.15) is 0 Å². The van der Waals surface area contributed by atoms with Gasteiger partial charge in [0.1, 0.15) is 0 Å². The molecule has 2 aromatic rings. The SMILES string of the molecule is CCCNC(CC)c1ccc(-c2cccc(F)c2F)cc1. The summed E-state index contributed by atoms with van der Waals surface area (Å²) in [6, 6.07) is 12.2. The molecule has 112 valence electrons. The molecule has 1 atom stereocenters. The van der Waals surface area contributed by atoms with Crippen LogP contribution in [0.1, 0.15) is 38.3 Å². The van der Waals surface area contributed by atoms with Crippen molar-refractivity contribution in [1.29, 1.82) is 0 Å². The molecule has 0 aliphatic heterocycles. The molecular weight excluding hydrogens is 268 g/mol. The third-order valence-corrected chi connectivity index (χ3v) is 3.62. The van der Waals surface area contributed by atoms with Gasteiger partial charge in [-0.1, -0.05) is 50.2 Å². The van der Waals surface area contributed by atoms with E-state index in [2.05, 4.69) is 19.2 Å². The molecule has 0 fully saturated rings. The van der Waals surface area contributed by atoms with Gasteiger partial charge in [-0.3, -0.25) is 0 Å². The van der Waals surface area contributed by atoms with E-state index in [1.165, 1.54) is 11.6 Å². The highest BCUT2D eigenvalue weighted by Crippen LogP contribution is 2.26. The van der Waals surface area contributed by atoms with Crippen molar-refractivity contribution < 1.29 is 8.78 Å². The van der Waals surface area contributed by atoms with Crippen LogP contribution >= 0.6 is 0 Å². The lowest BCUT2D eigenvalue weighted by atomic mass is 9.99. The molecule has 0 spiro atoms.